The summed E-state index contributed by atoms with van der Waals surface area (Å²) in [5, 5.41) is 12.5. The van der Waals surface area contributed by atoms with Crippen LogP contribution in [0.5, 0.6) is 0 Å². The minimum atomic E-state index is -0.911. The zero-order chi connectivity index (χ0) is 24.2. The maximum atomic E-state index is 13.3. The standard InChI is InChI=1S/C25H20Cl2N2O5/c26-16-9-10-19(20(27)12-16)23-22(17-3-1-2-4-18(17)24(32)28-23)25(33)29-34-13-15-7-5-14(6-8-15)11-21(30)31/h1-10,12,22-23H,11,13H2,(H,28,32)(H,29,33)(H,30,31)/t22-,23+/m1/s1. The number of amides is 2. The van der Waals surface area contributed by atoms with Gasteiger partial charge in [-0.3, -0.25) is 19.2 Å². The van der Waals surface area contributed by atoms with Gasteiger partial charge in [-0.1, -0.05) is 71.7 Å². The third-order valence-electron chi connectivity index (χ3n) is 5.53. The van der Waals surface area contributed by atoms with Crippen LogP contribution in [0.3, 0.4) is 0 Å². The van der Waals surface area contributed by atoms with E-state index in [1.807, 2.05) is 0 Å². The van der Waals surface area contributed by atoms with Crippen molar-refractivity contribution in [3.8, 4) is 0 Å². The van der Waals surface area contributed by atoms with Gasteiger partial charge in [0, 0.05) is 15.6 Å². The van der Waals surface area contributed by atoms with Crippen LogP contribution in [-0.4, -0.2) is 22.9 Å². The van der Waals surface area contributed by atoms with Gasteiger partial charge in [-0.2, -0.15) is 0 Å². The van der Waals surface area contributed by atoms with Crippen LogP contribution in [0.1, 0.15) is 44.6 Å². The Bertz CT molecular complexity index is 1250. The zero-order valence-electron chi connectivity index (χ0n) is 17.8. The van der Waals surface area contributed by atoms with E-state index in [0.29, 0.717) is 32.3 Å². The van der Waals surface area contributed by atoms with Gasteiger partial charge in [-0.25, -0.2) is 5.48 Å². The van der Waals surface area contributed by atoms with E-state index < -0.39 is 23.8 Å². The Morgan fingerprint density at radius 3 is 2.38 bits per heavy atom. The molecule has 1 aliphatic heterocycles. The molecule has 0 saturated heterocycles. The van der Waals surface area contributed by atoms with E-state index in [4.69, 9.17) is 33.1 Å². The smallest absolute Gasteiger partial charge is 0.307 e. The van der Waals surface area contributed by atoms with Gasteiger partial charge in [0.25, 0.3) is 11.8 Å². The summed E-state index contributed by atoms with van der Waals surface area (Å²) in [4.78, 5) is 42.3. The molecule has 0 unspecified atom stereocenters. The van der Waals surface area contributed by atoms with Crippen molar-refractivity contribution >= 4 is 41.0 Å². The van der Waals surface area contributed by atoms with Gasteiger partial charge in [0.05, 0.1) is 25.0 Å². The van der Waals surface area contributed by atoms with E-state index in [-0.39, 0.29) is 18.9 Å². The van der Waals surface area contributed by atoms with Crippen LogP contribution in [0.25, 0.3) is 0 Å². The number of rotatable bonds is 7. The molecule has 0 radical (unpaired) electrons. The van der Waals surface area contributed by atoms with Crippen LogP contribution < -0.4 is 10.8 Å². The molecule has 1 aliphatic rings. The van der Waals surface area contributed by atoms with Gasteiger partial charge in [-0.05, 0) is 40.5 Å². The molecule has 9 heteroatoms. The first-order chi connectivity index (χ1) is 16.3. The summed E-state index contributed by atoms with van der Waals surface area (Å²) in [5.74, 6) is -2.47. The van der Waals surface area contributed by atoms with Gasteiger partial charge in [0.2, 0.25) is 0 Å². The van der Waals surface area contributed by atoms with Crippen molar-refractivity contribution in [2.24, 2.45) is 0 Å². The molecular weight excluding hydrogens is 479 g/mol. The normalized spacial score (nSPS) is 16.9. The minimum absolute atomic E-state index is 0.0701. The third kappa shape index (κ3) is 5.22. The average molecular weight is 499 g/mol. The Labute approximate surface area is 205 Å². The van der Waals surface area contributed by atoms with Gasteiger partial charge in [0.1, 0.15) is 0 Å². The SMILES string of the molecule is O=C(O)Cc1ccc(CONC(=O)[C@@H]2c3ccccc3C(=O)N[C@H]2c2ccc(Cl)cc2Cl)cc1. The van der Waals surface area contributed by atoms with E-state index in [1.165, 1.54) is 0 Å². The summed E-state index contributed by atoms with van der Waals surface area (Å²) in [6, 6.07) is 17.9. The molecule has 7 nitrogen and oxygen atoms in total. The molecule has 0 spiro atoms. The van der Waals surface area contributed by atoms with Gasteiger partial charge in [-0.15, -0.1) is 0 Å². The maximum absolute atomic E-state index is 13.3. The number of hydroxylamine groups is 1. The second-order valence-corrected chi connectivity index (χ2v) is 8.67. The number of aliphatic carboxylic acids is 1. The number of hydrogen-bond donors (Lipinski definition) is 3. The Hall–Kier alpha value is -3.39. The van der Waals surface area contributed by atoms with E-state index in [9.17, 15) is 14.4 Å². The second kappa shape index (κ2) is 10.3. The number of carbonyl (C=O) groups is 3. The van der Waals surface area contributed by atoms with Crippen LogP contribution in [-0.2, 0) is 27.5 Å². The highest BCUT2D eigenvalue weighted by molar-refractivity contribution is 6.35. The lowest BCUT2D eigenvalue weighted by Gasteiger charge is -2.33. The van der Waals surface area contributed by atoms with Gasteiger partial charge >= 0.3 is 5.97 Å². The molecule has 2 atom stereocenters. The molecule has 0 bridgehead atoms. The Balaban J connectivity index is 1.53. The van der Waals surface area contributed by atoms with Crippen molar-refractivity contribution in [3.05, 3.63) is 105 Å². The molecule has 3 N–H and O–H groups in total. The summed E-state index contributed by atoms with van der Waals surface area (Å²) in [6.07, 6.45) is -0.0701. The average Bonchev–Trinajstić information content (AvgIpc) is 2.80. The molecule has 1 heterocycles. The molecule has 3 aromatic rings. The molecule has 174 valence electrons. The van der Waals surface area contributed by atoms with Crippen molar-refractivity contribution in [2.45, 2.75) is 25.0 Å². The van der Waals surface area contributed by atoms with Crippen LogP contribution in [0.4, 0.5) is 0 Å². The number of benzene rings is 3. The monoisotopic (exact) mass is 498 g/mol. The molecule has 34 heavy (non-hydrogen) atoms. The lowest BCUT2D eigenvalue weighted by molar-refractivity contribution is -0.137. The van der Waals surface area contributed by atoms with Crippen molar-refractivity contribution < 1.29 is 24.3 Å². The molecule has 0 aliphatic carbocycles. The summed E-state index contributed by atoms with van der Waals surface area (Å²) in [7, 11) is 0. The number of carbonyl (C=O) groups excluding carboxylic acids is 2. The van der Waals surface area contributed by atoms with Gasteiger partial charge in [0.15, 0.2) is 0 Å². The van der Waals surface area contributed by atoms with E-state index in [2.05, 4.69) is 10.8 Å². The van der Waals surface area contributed by atoms with Gasteiger partial charge < -0.3 is 10.4 Å². The lowest BCUT2D eigenvalue weighted by atomic mass is 9.80. The van der Waals surface area contributed by atoms with Crippen molar-refractivity contribution in [1.29, 1.82) is 0 Å². The first-order valence-electron chi connectivity index (χ1n) is 10.4. The summed E-state index contributed by atoms with van der Waals surface area (Å²) < 4.78 is 0. The first kappa shape index (κ1) is 23.8. The topological polar surface area (TPSA) is 105 Å². The summed E-state index contributed by atoms with van der Waals surface area (Å²) in [5.41, 5.74) is 5.41. The Morgan fingerprint density at radius 1 is 0.971 bits per heavy atom. The number of carboxylic acid groups (broad SMARTS) is 1. The predicted molar refractivity (Wildman–Crippen MR) is 127 cm³/mol. The van der Waals surface area contributed by atoms with Crippen molar-refractivity contribution in [2.75, 3.05) is 0 Å². The second-order valence-electron chi connectivity index (χ2n) is 7.82. The minimum Gasteiger partial charge on any atom is -0.481 e. The molecule has 0 aromatic heterocycles. The maximum Gasteiger partial charge on any atom is 0.307 e. The highest BCUT2D eigenvalue weighted by atomic mass is 35.5. The van der Waals surface area contributed by atoms with Crippen LogP contribution >= 0.6 is 23.2 Å². The molecule has 4 rings (SSSR count). The Kier molecular flexibility index (Phi) is 7.17. The number of nitrogens with one attached hydrogen (secondary N) is 2. The number of carboxylic acids is 1. The summed E-state index contributed by atoms with van der Waals surface area (Å²) in [6.45, 7) is 0.0756. The quantitative estimate of drug-likeness (QED) is 0.417. The first-order valence-corrected chi connectivity index (χ1v) is 11.1. The lowest BCUT2D eigenvalue weighted by Crippen LogP contribution is -2.44. The molecule has 0 fully saturated rings. The highest BCUT2D eigenvalue weighted by Crippen LogP contribution is 2.40. The fourth-order valence-electron chi connectivity index (χ4n) is 3.94. The fourth-order valence-corrected chi connectivity index (χ4v) is 4.47. The highest BCUT2D eigenvalue weighted by Gasteiger charge is 2.40. The summed E-state index contributed by atoms with van der Waals surface area (Å²) >= 11 is 12.4. The fraction of sp³-hybridized carbons (Fsp3) is 0.160. The third-order valence-corrected chi connectivity index (χ3v) is 6.09. The van der Waals surface area contributed by atoms with Crippen molar-refractivity contribution in [3.63, 3.8) is 0 Å². The molecular formula is C25H20Cl2N2O5. The molecule has 2 amide bonds. The van der Waals surface area contributed by atoms with E-state index in [0.717, 1.165) is 5.56 Å². The molecule has 3 aromatic carbocycles. The largest absolute Gasteiger partial charge is 0.481 e. The van der Waals surface area contributed by atoms with E-state index in [1.54, 1.807) is 66.7 Å². The van der Waals surface area contributed by atoms with Crippen LogP contribution in [0, 0.1) is 0 Å². The predicted octanol–water partition coefficient (Wildman–Crippen LogP) is 4.44. The zero-order valence-corrected chi connectivity index (χ0v) is 19.3. The number of halogens is 2. The number of hydrogen-bond acceptors (Lipinski definition) is 4. The van der Waals surface area contributed by atoms with E-state index >= 15 is 0 Å². The van der Waals surface area contributed by atoms with Crippen LogP contribution in [0.2, 0.25) is 10.0 Å². The Morgan fingerprint density at radius 2 is 1.68 bits per heavy atom. The van der Waals surface area contributed by atoms with Crippen molar-refractivity contribution in [1.82, 2.24) is 10.8 Å². The molecule has 0 saturated carbocycles. The number of fused-ring (bicyclic) bond motifs is 1. The van der Waals surface area contributed by atoms with Crippen LogP contribution in [0.15, 0.2) is 66.7 Å².